The molecule has 1 saturated heterocycles. The summed E-state index contributed by atoms with van der Waals surface area (Å²) in [5.74, 6) is 0.970. The minimum absolute atomic E-state index is 0.00771. The van der Waals surface area contributed by atoms with Crippen LogP contribution < -0.4 is 5.32 Å². The van der Waals surface area contributed by atoms with Crippen molar-refractivity contribution in [3.63, 3.8) is 0 Å². The predicted octanol–water partition coefficient (Wildman–Crippen LogP) is 4.08. The standard InChI is InChI=1S/C21H26N2OS/c1-25-16-17-8-10-18(11-9-17)21(24)22-14-19-6-2-3-7-20(19)15-23-12-4-5-13-23/h2-3,6-11H,4-5,12-16H2,1H3,(H,22,24). The molecular formula is C21H26N2OS. The van der Waals surface area contributed by atoms with Gasteiger partial charge in [-0.1, -0.05) is 36.4 Å². The molecule has 1 fully saturated rings. The first-order valence-corrected chi connectivity index (χ1v) is 10.3. The minimum atomic E-state index is -0.00771. The average molecular weight is 355 g/mol. The molecule has 0 aliphatic carbocycles. The molecular weight excluding hydrogens is 328 g/mol. The molecule has 1 heterocycles. The number of carbonyl (C=O) groups is 1. The third kappa shape index (κ3) is 5.10. The number of rotatable bonds is 7. The van der Waals surface area contributed by atoms with E-state index in [1.807, 2.05) is 30.3 Å². The lowest BCUT2D eigenvalue weighted by Crippen LogP contribution is -2.25. The van der Waals surface area contributed by atoms with Crippen molar-refractivity contribution in [3.05, 3.63) is 70.8 Å². The van der Waals surface area contributed by atoms with Gasteiger partial charge in [-0.05, 0) is 61.0 Å². The van der Waals surface area contributed by atoms with Gasteiger partial charge >= 0.3 is 0 Å². The summed E-state index contributed by atoms with van der Waals surface area (Å²) in [6.45, 7) is 3.93. The Bertz CT molecular complexity index is 693. The minimum Gasteiger partial charge on any atom is -0.348 e. The average Bonchev–Trinajstić information content (AvgIpc) is 3.15. The molecule has 4 heteroatoms. The quantitative estimate of drug-likeness (QED) is 0.813. The van der Waals surface area contributed by atoms with Crippen LogP contribution in [0.4, 0.5) is 0 Å². The molecule has 2 aromatic rings. The maximum atomic E-state index is 12.4. The summed E-state index contributed by atoms with van der Waals surface area (Å²) in [5, 5.41) is 3.07. The Morgan fingerprint density at radius 3 is 2.40 bits per heavy atom. The molecule has 3 rings (SSSR count). The summed E-state index contributed by atoms with van der Waals surface area (Å²) in [6, 6.07) is 16.3. The molecule has 0 radical (unpaired) electrons. The number of hydrogen-bond donors (Lipinski definition) is 1. The Kier molecular flexibility index (Phi) is 6.54. The predicted molar refractivity (Wildman–Crippen MR) is 106 cm³/mol. The van der Waals surface area contributed by atoms with Crippen molar-refractivity contribution in [2.45, 2.75) is 31.7 Å². The maximum absolute atomic E-state index is 12.4. The molecule has 2 aromatic carbocycles. The van der Waals surface area contributed by atoms with Gasteiger partial charge in [-0.15, -0.1) is 0 Å². The van der Waals surface area contributed by atoms with Gasteiger partial charge in [-0.2, -0.15) is 11.8 Å². The van der Waals surface area contributed by atoms with Crippen LogP contribution in [-0.2, 0) is 18.8 Å². The van der Waals surface area contributed by atoms with Crippen LogP contribution in [0.25, 0.3) is 0 Å². The van der Waals surface area contributed by atoms with Crippen LogP contribution in [0.2, 0.25) is 0 Å². The number of thioether (sulfide) groups is 1. The number of nitrogens with zero attached hydrogens (tertiary/aromatic N) is 1. The fourth-order valence-electron chi connectivity index (χ4n) is 3.26. The Labute approximate surface area is 154 Å². The van der Waals surface area contributed by atoms with Crippen LogP contribution in [0.5, 0.6) is 0 Å². The van der Waals surface area contributed by atoms with Gasteiger partial charge in [0.2, 0.25) is 0 Å². The molecule has 3 nitrogen and oxygen atoms in total. The molecule has 0 unspecified atom stereocenters. The second-order valence-corrected chi connectivity index (χ2v) is 7.43. The number of hydrogen-bond acceptors (Lipinski definition) is 3. The van der Waals surface area contributed by atoms with Crippen molar-refractivity contribution < 1.29 is 4.79 Å². The van der Waals surface area contributed by atoms with Gasteiger partial charge in [-0.3, -0.25) is 9.69 Å². The van der Waals surface area contributed by atoms with Crippen LogP contribution in [0, 0.1) is 0 Å². The van der Waals surface area contributed by atoms with Gasteiger partial charge in [0.15, 0.2) is 0 Å². The highest BCUT2D eigenvalue weighted by Gasteiger charge is 2.14. The molecule has 0 aromatic heterocycles. The lowest BCUT2D eigenvalue weighted by molar-refractivity contribution is 0.0951. The molecule has 0 saturated carbocycles. The second kappa shape index (κ2) is 9.07. The lowest BCUT2D eigenvalue weighted by Gasteiger charge is -2.17. The summed E-state index contributed by atoms with van der Waals surface area (Å²) in [6.07, 6.45) is 4.68. The molecule has 1 aliphatic heterocycles. The van der Waals surface area contributed by atoms with Gasteiger partial charge in [-0.25, -0.2) is 0 Å². The third-order valence-corrected chi connectivity index (χ3v) is 5.30. The SMILES string of the molecule is CSCc1ccc(C(=O)NCc2ccccc2CN2CCCC2)cc1. The maximum Gasteiger partial charge on any atom is 0.251 e. The molecule has 0 spiro atoms. The van der Waals surface area contributed by atoms with Crippen molar-refractivity contribution in [1.82, 2.24) is 10.2 Å². The van der Waals surface area contributed by atoms with Crippen molar-refractivity contribution in [3.8, 4) is 0 Å². The summed E-state index contributed by atoms with van der Waals surface area (Å²) >= 11 is 1.79. The van der Waals surface area contributed by atoms with Crippen LogP contribution in [0.1, 0.15) is 39.9 Å². The highest BCUT2D eigenvalue weighted by atomic mass is 32.2. The molecule has 0 atom stereocenters. The van der Waals surface area contributed by atoms with Gasteiger partial charge in [0.05, 0.1) is 0 Å². The summed E-state index contributed by atoms with van der Waals surface area (Å²) < 4.78 is 0. The van der Waals surface area contributed by atoms with E-state index in [1.165, 1.54) is 42.6 Å². The Hall–Kier alpha value is -1.78. The first-order valence-electron chi connectivity index (χ1n) is 8.91. The topological polar surface area (TPSA) is 32.3 Å². The fraction of sp³-hybridized carbons (Fsp3) is 0.381. The van der Waals surface area contributed by atoms with E-state index < -0.39 is 0 Å². The Balaban J connectivity index is 1.59. The monoisotopic (exact) mass is 354 g/mol. The molecule has 1 amide bonds. The molecule has 1 N–H and O–H groups in total. The Morgan fingerprint density at radius 1 is 1.04 bits per heavy atom. The van der Waals surface area contributed by atoms with Gasteiger partial charge < -0.3 is 5.32 Å². The van der Waals surface area contributed by atoms with Gasteiger partial charge in [0.25, 0.3) is 5.91 Å². The summed E-state index contributed by atoms with van der Waals surface area (Å²) in [5.41, 5.74) is 4.50. The second-order valence-electron chi connectivity index (χ2n) is 6.56. The fourth-order valence-corrected chi connectivity index (χ4v) is 3.79. The van der Waals surface area contributed by atoms with E-state index in [-0.39, 0.29) is 5.91 Å². The number of nitrogens with one attached hydrogen (secondary N) is 1. The van der Waals surface area contributed by atoms with Crippen molar-refractivity contribution in [2.75, 3.05) is 19.3 Å². The highest BCUT2D eigenvalue weighted by molar-refractivity contribution is 7.97. The number of benzene rings is 2. The molecule has 25 heavy (non-hydrogen) atoms. The molecule has 1 aliphatic rings. The Morgan fingerprint density at radius 2 is 1.72 bits per heavy atom. The van der Waals surface area contributed by atoms with E-state index in [0.717, 1.165) is 17.9 Å². The van der Waals surface area contributed by atoms with Crippen LogP contribution in [0.15, 0.2) is 48.5 Å². The third-order valence-electron chi connectivity index (χ3n) is 4.68. The number of likely N-dealkylation sites (tertiary alicyclic amines) is 1. The van der Waals surface area contributed by atoms with Crippen LogP contribution in [0.3, 0.4) is 0 Å². The van der Waals surface area contributed by atoms with E-state index in [1.54, 1.807) is 11.8 Å². The highest BCUT2D eigenvalue weighted by Crippen LogP contribution is 2.16. The lowest BCUT2D eigenvalue weighted by atomic mass is 10.1. The number of amides is 1. The number of carbonyl (C=O) groups excluding carboxylic acids is 1. The first-order chi connectivity index (χ1) is 12.3. The van der Waals surface area contributed by atoms with Gasteiger partial charge in [0, 0.05) is 24.4 Å². The normalized spacial score (nSPS) is 14.6. The zero-order valence-corrected chi connectivity index (χ0v) is 15.6. The smallest absolute Gasteiger partial charge is 0.251 e. The van der Waals surface area contributed by atoms with Crippen molar-refractivity contribution in [2.24, 2.45) is 0 Å². The van der Waals surface area contributed by atoms with Crippen LogP contribution >= 0.6 is 11.8 Å². The molecule has 132 valence electrons. The van der Waals surface area contributed by atoms with Crippen molar-refractivity contribution in [1.29, 1.82) is 0 Å². The zero-order chi connectivity index (χ0) is 17.5. The van der Waals surface area contributed by atoms with E-state index >= 15 is 0 Å². The van der Waals surface area contributed by atoms with E-state index in [9.17, 15) is 4.79 Å². The zero-order valence-electron chi connectivity index (χ0n) is 14.8. The summed E-state index contributed by atoms with van der Waals surface area (Å²) in [4.78, 5) is 14.9. The first kappa shape index (κ1) is 18.0. The largest absolute Gasteiger partial charge is 0.348 e. The molecule has 0 bridgehead atoms. The van der Waals surface area contributed by atoms with E-state index in [2.05, 4.69) is 34.7 Å². The van der Waals surface area contributed by atoms with E-state index in [0.29, 0.717) is 6.54 Å². The summed E-state index contributed by atoms with van der Waals surface area (Å²) in [7, 11) is 0. The van der Waals surface area contributed by atoms with Crippen LogP contribution in [-0.4, -0.2) is 30.2 Å². The van der Waals surface area contributed by atoms with E-state index in [4.69, 9.17) is 0 Å². The van der Waals surface area contributed by atoms with Gasteiger partial charge in [0.1, 0.15) is 0 Å². The van der Waals surface area contributed by atoms with Crippen molar-refractivity contribution >= 4 is 17.7 Å².